The van der Waals surface area contributed by atoms with Crippen molar-refractivity contribution in [2.24, 2.45) is 0 Å². The van der Waals surface area contributed by atoms with Crippen molar-refractivity contribution in [3.8, 4) is 0 Å². The van der Waals surface area contributed by atoms with Gasteiger partial charge in [-0.2, -0.15) is 13.1 Å². The van der Waals surface area contributed by atoms with E-state index < -0.39 is 16.3 Å². The second-order valence-corrected chi connectivity index (χ2v) is 5.55. The predicted molar refractivity (Wildman–Crippen MR) is 66.3 cm³/mol. The van der Waals surface area contributed by atoms with Gasteiger partial charge in [-0.05, 0) is 13.8 Å². The number of hydrogen-bond acceptors (Lipinski definition) is 5. The molecule has 7 nitrogen and oxygen atoms in total. The van der Waals surface area contributed by atoms with E-state index in [1.54, 1.807) is 18.6 Å². The molecule has 0 aromatic heterocycles. The van der Waals surface area contributed by atoms with E-state index in [4.69, 9.17) is 4.74 Å². The summed E-state index contributed by atoms with van der Waals surface area (Å²) >= 11 is 3.16. The average Bonchev–Trinajstić information content (AvgIpc) is 2.14. The van der Waals surface area contributed by atoms with Crippen LogP contribution in [0.1, 0.15) is 13.8 Å². The molecule has 0 atom stereocenters. The molecule has 0 saturated carbocycles. The number of hydrogen-bond donors (Lipinski definition) is 2. The van der Waals surface area contributed by atoms with Gasteiger partial charge in [-0.1, -0.05) is 15.9 Å². The molecule has 0 aliphatic rings. The molecule has 0 aliphatic carbocycles. The molecule has 1 amide bonds. The summed E-state index contributed by atoms with van der Waals surface area (Å²) in [6.07, 6.45) is -1.39. The number of halogens is 1. The molecule has 102 valence electrons. The molecule has 0 rings (SSSR count). The Morgan fingerprint density at radius 3 is 2.53 bits per heavy atom. The third-order valence-corrected chi connectivity index (χ3v) is 2.66. The highest BCUT2D eigenvalue weighted by Crippen LogP contribution is 1.89. The van der Waals surface area contributed by atoms with Gasteiger partial charge in [-0.15, -0.1) is 0 Å². The SMILES string of the molecule is CC(C)OC(=O)NS(=O)(=O)NCCOCCBr. The van der Waals surface area contributed by atoms with Gasteiger partial charge in [0.25, 0.3) is 0 Å². The molecule has 0 heterocycles. The van der Waals surface area contributed by atoms with Crippen LogP contribution in [-0.2, 0) is 19.7 Å². The van der Waals surface area contributed by atoms with E-state index in [0.29, 0.717) is 11.9 Å². The summed E-state index contributed by atoms with van der Waals surface area (Å²) in [5.74, 6) is 0. The summed E-state index contributed by atoms with van der Waals surface area (Å²) in [7, 11) is -3.88. The van der Waals surface area contributed by atoms with E-state index >= 15 is 0 Å². The van der Waals surface area contributed by atoms with Crippen LogP contribution in [0.15, 0.2) is 0 Å². The number of carbonyl (C=O) groups is 1. The Labute approximate surface area is 110 Å². The van der Waals surface area contributed by atoms with Gasteiger partial charge in [0.05, 0.1) is 19.3 Å². The molecule has 0 radical (unpaired) electrons. The Morgan fingerprint density at radius 1 is 1.35 bits per heavy atom. The van der Waals surface area contributed by atoms with Crippen LogP contribution in [0, 0.1) is 0 Å². The topological polar surface area (TPSA) is 93.7 Å². The molecule has 0 aromatic carbocycles. The van der Waals surface area contributed by atoms with E-state index in [9.17, 15) is 13.2 Å². The maximum atomic E-state index is 11.3. The Hall–Kier alpha value is -0.380. The minimum Gasteiger partial charge on any atom is -0.446 e. The van der Waals surface area contributed by atoms with Gasteiger partial charge in [0.1, 0.15) is 0 Å². The van der Waals surface area contributed by atoms with Crippen LogP contribution in [-0.4, -0.2) is 45.7 Å². The van der Waals surface area contributed by atoms with Gasteiger partial charge >= 0.3 is 16.3 Å². The zero-order chi connectivity index (χ0) is 13.3. The fraction of sp³-hybridized carbons (Fsp3) is 0.875. The number of ether oxygens (including phenoxy) is 2. The van der Waals surface area contributed by atoms with Gasteiger partial charge in [0, 0.05) is 11.9 Å². The second kappa shape index (κ2) is 8.67. The number of rotatable bonds is 8. The first kappa shape index (κ1) is 16.6. The molecule has 0 spiro atoms. The lowest BCUT2D eigenvalue weighted by molar-refractivity contribution is 0.121. The molecule has 2 N–H and O–H groups in total. The van der Waals surface area contributed by atoms with Crippen molar-refractivity contribution in [3.63, 3.8) is 0 Å². The molecule has 0 aromatic rings. The van der Waals surface area contributed by atoms with Gasteiger partial charge in [-0.25, -0.2) is 9.52 Å². The zero-order valence-electron chi connectivity index (χ0n) is 9.73. The summed E-state index contributed by atoms with van der Waals surface area (Å²) in [6, 6.07) is 0. The van der Waals surface area contributed by atoms with Crippen molar-refractivity contribution in [2.45, 2.75) is 20.0 Å². The van der Waals surface area contributed by atoms with Gasteiger partial charge in [0.15, 0.2) is 0 Å². The van der Waals surface area contributed by atoms with Crippen molar-refractivity contribution in [3.05, 3.63) is 0 Å². The highest BCUT2D eigenvalue weighted by Gasteiger charge is 2.15. The van der Waals surface area contributed by atoms with Crippen LogP contribution in [0.3, 0.4) is 0 Å². The number of amides is 1. The van der Waals surface area contributed by atoms with E-state index in [-0.39, 0.29) is 19.3 Å². The third-order valence-electron chi connectivity index (χ3n) is 1.32. The standard InChI is InChI=1S/C8H17BrN2O5S/c1-7(2)16-8(12)11-17(13,14)10-4-6-15-5-3-9/h7,10H,3-6H2,1-2H3,(H,11,12). The minimum absolute atomic E-state index is 0.0806. The van der Waals surface area contributed by atoms with Crippen LogP contribution in [0.25, 0.3) is 0 Å². The summed E-state index contributed by atoms with van der Waals surface area (Å²) in [5, 5.41) is 0.679. The number of carbonyl (C=O) groups excluding carboxylic acids is 1. The second-order valence-electron chi connectivity index (χ2n) is 3.26. The van der Waals surface area contributed by atoms with Crippen molar-refractivity contribution in [1.82, 2.24) is 9.44 Å². The summed E-state index contributed by atoms with van der Waals surface area (Å²) < 4.78 is 36.0. The Kier molecular flexibility index (Phi) is 8.48. The third kappa shape index (κ3) is 10.5. The monoisotopic (exact) mass is 332 g/mol. The Balaban J connectivity index is 3.84. The van der Waals surface area contributed by atoms with Crippen LogP contribution in [0.2, 0.25) is 0 Å². The first-order valence-corrected chi connectivity index (χ1v) is 7.59. The predicted octanol–water partition coefficient (Wildman–Crippen LogP) is 0.367. The van der Waals surface area contributed by atoms with E-state index in [1.807, 2.05) is 0 Å². The van der Waals surface area contributed by atoms with Gasteiger partial charge < -0.3 is 9.47 Å². The van der Waals surface area contributed by atoms with Crippen LogP contribution >= 0.6 is 15.9 Å². The average molecular weight is 333 g/mol. The van der Waals surface area contributed by atoms with Crippen molar-refractivity contribution in [2.75, 3.05) is 25.1 Å². The highest BCUT2D eigenvalue weighted by atomic mass is 79.9. The van der Waals surface area contributed by atoms with Crippen LogP contribution in [0.4, 0.5) is 4.79 Å². The zero-order valence-corrected chi connectivity index (χ0v) is 12.1. The quantitative estimate of drug-likeness (QED) is 0.494. The molecule has 17 heavy (non-hydrogen) atoms. The van der Waals surface area contributed by atoms with Crippen molar-refractivity contribution < 1.29 is 22.7 Å². The summed E-state index contributed by atoms with van der Waals surface area (Å²) in [5.41, 5.74) is 0. The van der Waals surface area contributed by atoms with Crippen LogP contribution < -0.4 is 9.44 Å². The molecule has 0 unspecified atom stereocenters. The normalized spacial score (nSPS) is 11.5. The van der Waals surface area contributed by atoms with Gasteiger partial charge in [-0.3, -0.25) is 0 Å². The van der Waals surface area contributed by atoms with E-state index in [1.165, 1.54) is 0 Å². The summed E-state index contributed by atoms with van der Waals surface area (Å²) in [4.78, 5) is 11.0. The molecule has 0 bridgehead atoms. The number of alkyl halides is 1. The minimum atomic E-state index is -3.88. The first-order chi connectivity index (χ1) is 7.87. The van der Waals surface area contributed by atoms with E-state index in [0.717, 1.165) is 0 Å². The fourth-order valence-electron chi connectivity index (χ4n) is 0.789. The van der Waals surface area contributed by atoms with Gasteiger partial charge in [0.2, 0.25) is 0 Å². The van der Waals surface area contributed by atoms with Crippen LogP contribution in [0.5, 0.6) is 0 Å². The molecular formula is C8H17BrN2O5S. The lowest BCUT2D eigenvalue weighted by atomic mass is 10.5. The Morgan fingerprint density at radius 2 is 2.00 bits per heavy atom. The molecule has 9 heteroatoms. The first-order valence-electron chi connectivity index (χ1n) is 4.99. The summed E-state index contributed by atoms with van der Waals surface area (Å²) in [6.45, 7) is 4.04. The highest BCUT2D eigenvalue weighted by molar-refractivity contribution is 9.09. The molecule has 0 saturated heterocycles. The maximum absolute atomic E-state index is 11.3. The molecular weight excluding hydrogens is 316 g/mol. The van der Waals surface area contributed by atoms with Crippen molar-refractivity contribution in [1.29, 1.82) is 0 Å². The van der Waals surface area contributed by atoms with Crippen molar-refractivity contribution >= 4 is 32.2 Å². The van der Waals surface area contributed by atoms with E-state index in [2.05, 4.69) is 25.4 Å². The molecule has 0 aliphatic heterocycles. The smallest absolute Gasteiger partial charge is 0.422 e. The number of nitrogens with one attached hydrogen (secondary N) is 2. The lowest BCUT2D eigenvalue weighted by Gasteiger charge is -2.10. The lowest BCUT2D eigenvalue weighted by Crippen LogP contribution is -2.42. The molecule has 0 fully saturated rings. The Bertz CT molecular complexity index is 320. The maximum Gasteiger partial charge on any atom is 0.422 e. The largest absolute Gasteiger partial charge is 0.446 e. The fourth-order valence-corrected chi connectivity index (χ4v) is 1.71.